The number of aromatic nitrogens is 2. The molecule has 33 heavy (non-hydrogen) atoms. The first-order chi connectivity index (χ1) is 15.5. The fourth-order valence-corrected chi connectivity index (χ4v) is 4.06. The highest BCUT2D eigenvalue weighted by Crippen LogP contribution is 2.29. The van der Waals surface area contributed by atoms with Crippen LogP contribution in [0.3, 0.4) is 0 Å². The SMILES string of the molecule is CCOC(=O)c1c(C)oc2nc(COC(=O)c3cc(S(=O)(=O)N(C)C)ccc3Cl)nc(N)c12. The van der Waals surface area contributed by atoms with E-state index in [9.17, 15) is 18.0 Å². The molecule has 0 radical (unpaired) electrons. The minimum atomic E-state index is -3.78. The number of aryl methyl sites for hydroxylation is 1. The summed E-state index contributed by atoms with van der Waals surface area (Å²) in [5.41, 5.74) is 6.00. The maximum atomic E-state index is 12.6. The van der Waals surface area contributed by atoms with E-state index < -0.39 is 28.6 Å². The third-order valence-corrected chi connectivity index (χ3v) is 6.69. The Bertz CT molecular complexity index is 1350. The molecule has 3 rings (SSSR count). The molecule has 2 N–H and O–H groups in total. The Labute approximate surface area is 194 Å². The number of hydrogen-bond acceptors (Lipinski definition) is 10. The van der Waals surface area contributed by atoms with Crippen LogP contribution in [0.15, 0.2) is 27.5 Å². The fraction of sp³-hybridized carbons (Fsp3) is 0.300. The number of hydrogen-bond donors (Lipinski definition) is 1. The second kappa shape index (κ2) is 9.33. The number of sulfonamides is 1. The van der Waals surface area contributed by atoms with Crippen molar-refractivity contribution in [2.75, 3.05) is 26.4 Å². The zero-order valence-corrected chi connectivity index (χ0v) is 19.8. The monoisotopic (exact) mass is 496 g/mol. The van der Waals surface area contributed by atoms with Gasteiger partial charge in [-0.05, 0) is 32.0 Å². The molecule has 0 aliphatic heterocycles. The molecule has 0 saturated heterocycles. The highest BCUT2D eigenvalue weighted by molar-refractivity contribution is 7.89. The molecule has 3 aromatic rings. The third kappa shape index (κ3) is 4.77. The maximum absolute atomic E-state index is 12.6. The molecule has 0 bridgehead atoms. The molecule has 0 atom stereocenters. The predicted octanol–water partition coefficient (Wildman–Crippen LogP) is 2.55. The second-order valence-electron chi connectivity index (χ2n) is 6.96. The summed E-state index contributed by atoms with van der Waals surface area (Å²) in [6.45, 7) is 2.98. The van der Waals surface area contributed by atoms with Crippen molar-refractivity contribution in [3.8, 4) is 0 Å². The molecule has 0 aliphatic rings. The molecule has 2 aromatic heterocycles. The molecule has 0 unspecified atom stereocenters. The van der Waals surface area contributed by atoms with Crippen molar-refractivity contribution < 1.29 is 31.9 Å². The Hall–Kier alpha value is -3.22. The van der Waals surface area contributed by atoms with E-state index in [-0.39, 0.29) is 56.2 Å². The number of carbonyl (C=O) groups is 2. The van der Waals surface area contributed by atoms with Crippen LogP contribution >= 0.6 is 11.6 Å². The minimum Gasteiger partial charge on any atom is -0.462 e. The lowest BCUT2D eigenvalue weighted by Crippen LogP contribution is -2.22. The number of ether oxygens (including phenoxy) is 2. The topological polar surface area (TPSA) is 155 Å². The first-order valence-corrected chi connectivity index (χ1v) is 11.4. The molecule has 0 saturated carbocycles. The number of fused-ring (bicyclic) bond motifs is 1. The van der Waals surface area contributed by atoms with Crippen molar-refractivity contribution in [2.24, 2.45) is 0 Å². The van der Waals surface area contributed by atoms with E-state index in [1.54, 1.807) is 13.8 Å². The quantitative estimate of drug-likeness (QED) is 0.482. The zero-order chi connectivity index (χ0) is 24.5. The van der Waals surface area contributed by atoms with Crippen LogP contribution in [-0.4, -0.2) is 55.3 Å². The normalized spacial score (nSPS) is 11.7. The number of nitrogens with zero attached hydrogens (tertiary/aromatic N) is 3. The number of nitrogens with two attached hydrogens (primary N) is 1. The Morgan fingerprint density at radius 2 is 1.88 bits per heavy atom. The van der Waals surface area contributed by atoms with Gasteiger partial charge in [0.25, 0.3) is 0 Å². The van der Waals surface area contributed by atoms with Crippen molar-refractivity contribution in [3.63, 3.8) is 0 Å². The van der Waals surface area contributed by atoms with Crippen LogP contribution < -0.4 is 5.73 Å². The van der Waals surface area contributed by atoms with Gasteiger partial charge in [-0.3, -0.25) is 0 Å². The summed E-state index contributed by atoms with van der Waals surface area (Å²) in [4.78, 5) is 32.9. The lowest BCUT2D eigenvalue weighted by molar-refractivity contribution is 0.0461. The van der Waals surface area contributed by atoms with E-state index in [1.807, 2.05) is 0 Å². The van der Waals surface area contributed by atoms with Gasteiger partial charge in [-0.15, -0.1) is 0 Å². The summed E-state index contributed by atoms with van der Waals surface area (Å²) >= 11 is 6.06. The first kappa shape index (κ1) is 24.4. The predicted molar refractivity (Wildman–Crippen MR) is 118 cm³/mol. The molecule has 176 valence electrons. The van der Waals surface area contributed by atoms with Crippen LogP contribution in [0.5, 0.6) is 0 Å². The molecular weight excluding hydrogens is 476 g/mol. The van der Waals surface area contributed by atoms with Gasteiger partial charge in [0.1, 0.15) is 17.1 Å². The van der Waals surface area contributed by atoms with E-state index in [1.165, 1.54) is 26.2 Å². The zero-order valence-electron chi connectivity index (χ0n) is 18.2. The molecule has 13 heteroatoms. The number of esters is 2. The Balaban J connectivity index is 1.87. The number of furan rings is 1. The summed E-state index contributed by atoms with van der Waals surface area (Å²) in [6, 6.07) is 3.70. The molecule has 0 fully saturated rings. The smallest absolute Gasteiger partial charge is 0.342 e. The van der Waals surface area contributed by atoms with E-state index in [2.05, 4.69) is 9.97 Å². The maximum Gasteiger partial charge on any atom is 0.342 e. The number of nitrogen functional groups attached to an aromatic ring is 1. The van der Waals surface area contributed by atoms with Gasteiger partial charge in [-0.1, -0.05) is 11.6 Å². The lowest BCUT2D eigenvalue weighted by atomic mass is 10.2. The van der Waals surface area contributed by atoms with Crippen LogP contribution in [0, 0.1) is 6.92 Å². The number of anilines is 1. The van der Waals surface area contributed by atoms with E-state index in [0.29, 0.717) is 0 Å². The molecule has 0 spiro atoms. The third-order valence-electron chi connectivity index (χ3n) is 4.55. The van der Waals surface area contributed by atoms with Gasteiger partial charge < -0.3 is 19.6 Å². The van der Waals surface area contributed by atoms with E-state index >= 15 is 0 Å². The van der Waals surface area contributed by atoms with Gasteiger partial charge >= 0.3 is 11.9 Å². The molecule has 11 nitrogen and oxygen atoms in total. The standard InChI is InChI=1S/C20H21ClN4O7S/c1-5-30-20(27)15-10(2)32-18-16(15)17(22)23-14(24-18)9-31-19(26)12-8-11(6-7-13(12)21)33(28,29)25(3)4/h6-8H,5,9H2,1-4H3,(H2,22,23,24). The van der Waals surface area contributed by atoms with Gasteiger partial charge in [0.2, 0.25) is 15.7 Å². The Morgan fingerprint density at radius 1 is 1.18 bits per heavy atom. The van der Waals surface area contributed by atoms with Gasteiger partial charge in [0, 0.05) is 14.1 Å². The second-order valence-corrected chi connectivity index (χ2v) is 9.52. The number of carbonyl (C=O) groups excluding carboxylic acids is 2. The van der Waals surface area contributed by atoms with Gasteiger partial charge in [0.15, 0.2) is 12.4 Å². The van der Waals surface area contributed by atoms with Crippen LogP contribution in [0.4, 0.5) is 5.82 Å². The summed E-state index contributed by atoms with van der Waals surface area (Å²) < 4.78 is 41.4. The first-order valence-electron chi connectivity index (χ1n) is 9.59. The largest absolute Gasteiger partial charge is 0.462 e. The van der Waals surface area contributed by atoms with Gasteiger partial charge in [-0.2, -0.15) is 4.98 Å². The fourth-order valence-electron chi connectivity index (χ4n) is 2.94. The highest BCUT2D eigenvalue weighted by Gasteiger charge is 2.25. The summed E-state index contributed by atoms with van der Waals surface area (Å²) in [5.74, 6) is -1.30. The minimum absolute atomic E-state index is 0.00528. The molecule has 2 heterocycles. The number of rotatable bonds is 7. The number of halogens is 1. The molecular formula is C20H21ClN4O7S. The molecule has 0 aliphatic carbocycles. The van der Waals surface area contributed by atoms with Gasteiger partial charge in [0.05, 0.1) is 27.5 Å². The average molecular weight is 497 g/mol. The summed E-state index contributed by atoms with van der Waals surface area (Å²) in [5, 5.41) is 0.208. The summed E-state index contributed by atoms with van der Waals surface area (Å²) in [7, 11) is -1.06. The average Bonchev–Trinajstić information content (AvgIpc) is 3.08. The van der Waals surface area contributed by atoms with Crippen LogP contribution in [0.25, 0.3) is 11.1 Å². The van der Waals surface area contributed by atoms with Crippen LogP contribution in [0.1, 0.15) is 39.2 Å². The van der Waals surface area contributed by atoms with Crippen molar-refractivity contribution in [2.45, 2.75) is 25.3 Å². The van der Waals surface area contributed by atoms with E-state index in [0.717, 1.165) is 10.4 Å². The lowest BCUT2D eigenvalue weighted by Gasteiger charge is -2.13. The van der Waals surface area contributed by atoms with Gasteiger partial charge in [-0.25, -0.2) is 27.3 Å². The van der Waals surface area contributed by atoms with Crippen molar-refractivity contribution in [1.82, 2.24) is 14.3 Å². The summed E-state index contributed by atoms with van der Waals surface area (Å²) in [6.07, 6.45) is 0. The van der Waals surface area contributed by atoms with E-state index in [4.69, 9.17) is 31.2 Å². The van der Waals surface area contributed by atoms with Crippen molar-refractivity contribution in [1.29, 1.82) is 0 Å². The van der Waals surface area contributed by atoms with Crippen LogP contribution in [-0.2, 0) is 26.1 Å². The molecule has 1 aromatic carbocycles. The number of benzene rings is 1. The Morgan fingerprint density at radius 3 is 2.52 bits per heavy atom. The van der Waals surface area contributed by atoms with Crippen LogP contribution in [0.2, 0.25) is 5.02 Å². The molecule has 0 amide bonds. The van der Waals surface area contributed by atoms with Crippen molar-refractivity contribution >= 4 is 50.5 Å². The highest BCUT2D eigenvalue weighted by atomic mass is 35.5. The Kier molecular flexibility index (Phi) is 6.91. The van der Waals surface area contributed by atoms with Crippen molar-refractivity contribution in [3.05, 3.63) is 45.9 Å².